The van der Waals surface area contributed by atoms with Gasteiger partial charge in [0.05, 0.1) is 0 Å². The summed E-state index contributed by atoms with van der Waals surface area (Å²) in [5.41, 5.74) is 0.813. The van der Waals surface area contributed by atoms with Gasteiger partial charge in [-0.3, -0.25) is 9.59 Å². The Bertz CT molecular complexity index is 907. The van der Waals surface area contributed by atoms with Crippen LogP contribution >= 0.6 is 22.7 Å². The van der Waals surface area contributed by atoms with Crippen LogP contribution in [0.25, 0.3) is 0 Å². The minimum atomic E-state index is -0.310. The van der Waals surface area contributed by atoms with Crippen LogP contribution in [-0.2, 0) is 15.0 Å². The van der Waals surface area contributed by atoms with Crippen molar-refractivity contribution < 1.29 is 9.59 Å². The number of amides is 2. The van der Waals surface area contributed by atoms with Gasteiger partial charge in [-0.05, 0) is 19.4 Å². The molecule has 2 heterocycles. The molecule has 0 aliphatic heterocycles. The van der Waals surface area contributed by atoms with Crippen LogP contribution in [0.5, 0.6) is 0 Å². The van der Waals surface area contributed by atoms with E-state index in [0.717, 1.165) is 10.6 Å². The third kappa shape index (κ3) is 4.95. The maximum absolute atomic E-state index is 12.1. The van der Waals surface area contributed by atoms with E-state index in [-0.39, 0.29) is 30.1 Å². The van der Waals surface area contributed by atoms with Crippen molar-refractivity contribution in [2.75, 3.05) is 10.6 Å². The van der Waals surface area contributed by atoms with Gasteiger partial charge in [-0.1, -0.05) is 41.7 Å². The van der Waals surface area contributed by atoms with Crippen LogP contribution in [0.2, 0.25) is 0 Å². The van der Waals surface area contributed by atoms with E-state index >= 15 is 0 Å². The van der Waals surface area contributed by atoms with Crippen molar-refractivity contribution in [2.45, 2.75) is 32.1 Å². The highest BCUT2D eigenvalue weighted by molar-refractivity contribution is 7.15. The molecule has 140 valence electrons. The number of nitrogens with zero attached hydrogens (tertiary/aromatic N) is 3. The summed E-state index contributed by atoms with van der Waals surface area (Å²) < 4.78 is 0. The molecule has 3 rings (SSSR count). The molecule has 2 N–H and O–H groups in total. The second-order valence-corrected chi connectivity index (χ2v) is 8.21. The van der Waals surface area contributed by atoms with E-state index in [9.17, 15) is 9.59 Å². The van der Waals surface area contributed by atoms with Crippen LogP contribution in [0.3, 0.4) is 0 Å². The predicted molar refractivity (Wildman–Crippen MR) is 107 cm³/mol. The van der Waals surface area contributed by atoms with E-state index in [2.05, 4.69) is 39.7 Å². The average molecular weight is 402 g/mol. The lowest BCUT2D eigenvalue weighted by Gasteiger charge is -2.21. The summed E-state index contributed by atoms with van der Waals surface area (Å²) in [7, 11) is 0. The second-order valence-electron chi connectivity index (χ2n) is 6.34. The van der Waals surface area contributed by atoms with Gasteiger partial charge in [-0.2, -0.15) is 0 Å². The SMILES string of the molecule is CC(C)(c1ccccc1)c1nnc(NC(=O)CCC(=O)Nc2nccs2)s1. The Labute approximate surface area is 164 Å². The zero-order valence-corrected chi connectivity index (χ0v) is 16.6. The molecule has 0 aliphatic carbocycles. The normalized spacial score (nSPS) is 11.2. The molecule has 7 nitrogen and oxygen atoms in total. The number of anilines is 2. The van der Waals surface area contributed by atoms with Crippen molar-refractivity contribution in [1.82, 2.24) is 15.2 Å². The summed E-state index contributed by atoms with van der Waals surface area (Å²) in [6, 6.07) is 10.0. The molecule has 9 heteroatoms. The van der Waals surface area contributed by atoms with Crippen molar-refractivity contribution in [2.24, 2.45) is 0 Å². The topological polar surface area (TPSA) is 96.9 Å². The number of thiazole rings is 1. The highest BCUT2D eigenvalue weighted by Crippen LogP contribution is 2.34. The second kappa shape index (κ2) is 8.36. The van der Waals surface area contributed by atoms with Crippen molar-refractivity contribution in [3.05, 3.63) is 52.5 Å². The molecule has 0 spiro atoms. The van der Waals surface area contributed by atoms with Gasteiger partial charge >= 0.3 is 0 Å². The molecule has 27 heavy (non-hydrogen) atoms. The van der Waals surface area contributed by atoms with Crippen molar-refractivity contribution >= 4 is 44.8 Å². The van der Waals surface area contributed by atoms with Crippen molar-refractivity contribution in [1.29, 1.82) is 0 Å². The van der Waals surface area contributed by atoms with Gasteiger partial charge in [0.1, 0.15) is 5.01 Å². The lowest BCUT2D eigenvalue weighted by atomic mass is 9.85. The quantitative estimate of drug-likeness (QED) is 0.629. The zero-order valence-electron chi connectivity index (χ0n) is 14.9. The molecule has 0 aliphatic rings. The first-order valence-electron chi connectivity index (χ1n) is 8.34. The summed E-state index contributed by atoms with van der Waals surface area (Å²) in [4.78, 5) is 27.9. The van der Waals surface area contributed by atoms with Gasteiger partial charge in [0.15, 0.2) is 5.13 Å². The molecule has 0 atom stereocenters. The van der Waals surface area contributed by atoms with Crippen LogP contribution in [-0.4, -0.2) is 27.0 Å². The third-order valence-electron chi connectivity index (χ3n) is 3.96. The van der Waals surface area contributed by atoms with Gasteiger partial charge in [0.25, 0.3) is 0 Å². The van der Waals surface area contributed by atoms with Crippen LogP contribution < -0.4 is 10.6 Å². The molecule has 0 fully saturated rings. The lowest BCUT2D eigenvalue weighted by molar-refractivity contribution is -0.121. The van der Waals surface area contributed by atoms with Crippen molar-refractivity contribution in [3.8, 4) is 0 Å². The first-order valence-corrected chi connectivity index (χ1v) is 10.0. The van der Waals surface area contributed by atoms with Gasteiger partial charge in [-0.25, -0.2) is 4.98 Å². The van der Waals surface area contributed by atoms with Crippen molar-refractivity contribution in [3.63, 3.8) is 0 Å². The summed E-state index contributed by atoms with van der Waals surface area (Å²) in [6.07, 6.45) is 1.75. The standard InChI is InChI=1S/C18H19N5O2S2/c1-18(2,12-6-4-3-5-7-12)15-22-23-17(27-15)21-14(25)9-8-13(24)20-16-19-10-11-26-16/h3-7,10-11H,8-9H2,1-2H3,(H,19,20,24)(H,21,23,25). The maximum atomic E-state index is 12.1. The number of benzene rings is 1. The molecule has 3 aromatic rings. The minimum Gasteiger partial charge on any atom is -0.302 e. The Balaban J connectivity index is 1.54. The first kappa shape index (κ1) is 19.1. The first-order chi connectivity index (χ1) is 12.9. The molecular formula is C18H19N5O2S2. The van der Waals surface area contributed by atoms with Crippen LogP contribution in [0.15, 0.2) is 41.9 Å². The largest absolute Gasteiger partial charge is 0.302 e. The molecular weight excluding hydrogens is 382 g/mol. The summed E-state index contributed by atoms with van der Waals surface area (Å²) in [5, 5.41) is 17.2. The van der Waals surface area contributed by atoms with E-state index < -0.39 is 0 Å². The van der Waals surface area contributed by atoms with E-state index in [1.807, 2.05) is 30.3 Å². The third-order valence-corrected chi connectivity index (χ3v) is 5.81. The van der Waals surface area contributed by atoms with Gasteiger partial charge in [-0.15, -0.1) is 21.5 Å². The number of rotatable bonds is 7. The zero-order chi connectivity index (χ0) is 19.3. The fourth-order valence-corrected chi connectivity index (χ4v) is 3.81. The molecule has 2 aromatic heterocycles. The Morgan fingerprint density at radius 2 is 1.67 bits per heavy atom. The van der Waals surface area contributed by atoms with Gasteiger partial charge in [0.2, 0.25) is 16.9 Å². The Hall–Kier alpha value is -2.65. The molecule has 1 aromatic carbocycles. The van der Waals surface area contributed by atoms with Crippen LogP contribution in [0, 0.1) is 0 Å². The molecule has 0 bridgehead atoms. The fourth-order valence-electron chi connectivity index (χ4n) is 2.38. The predicted octanol–water partition coefficient (Wildman–Crippen LogP) is 3.68. The van der Waals surface area contributed by atoms with Gasteiger partial charge < -0.3 is 10.6 Å². The smallest absolute Gasteiger partial charge is 0.226 e. The monoisotopic (exact) mass is 401 g/mol. The Kier molecular flexibility index (Phi) is 5.92. The van der Waals surface area contributed by atoms with Gasteiger partial charge in [0, 0.05) is 29.8 Å². The lowest BCUT2D eigenvalue weighted by Crippen LogP contribution is -2.18. The maximum Gasteiger partial charge on any atom is 0.226 e. The van der Waals surface area contributed by atoms with Crippen LogP contribution in [0.4, 0.5) is 10.3 Å². The van der Waals surface area contributed by atoms with E-state index in [0.29, 0.717) is 10.3 Å². The number of nitrogens with one attached hydrogen (secondary N) is 2. The van der Waals surface area contributed by atoms with E-state index in [4.69, 9.17) is 0 Å². The number of aromatic nitrogens is 3. The highest BCUT2D eigenvalue weighted by atomic mass is 32.1. The number of carbonyl (C=O) groups excluding carboxylic acids is 2. The van der Waals surface area contributed by atoms with Crippen LogP contribution in [0.1, 0.15) is 37.3 Å². The highest BCUT2D eigenvalue weighted by Gasteiger charge is 2.27. The number of hydrogen-bond donors (Lipinski definition) is 2. The minimum absolute atomic E-state index is 0.0637. The average Bonchev–Trinajstić information content (AvgIpc) is 3.33. The van der Waals surface area contributed by atoms with E-state index in [1.165, 1.54) is 22.7 Å². The number of hydrogen-bond acceptors (Lipinski definition) is 7. The summed E-state index contributed by atoms with van der Waals surface area (Å²) in [5.74, 6) is -0.521. The van der Waals surface area contributed by atoms with E-state index in [1.54, 1.807) is 11.6 Å². The molecule has 2 amide bonds. The molecule has 0 saturated heterocycles. The Morgan fingerprint density at radius 3 is 2.30 bits per heavy atom. The summed E-state index contributed by atoms with van der Waals surface area (Å²) in [6.45, 7) is 4.13. The summed E-state index contributed by atoms with van der Waals surface area (Å²) >= 11 is 2.67. The molecule has 0 unspecified atom stereocenters. The molecule has 0 radical (unpaired) electrons. The Morgan fingerprint density at radius 1 is 1.00 bits per heavy atom. The number of carbonyl (C=O) groups is 2. The fraction of sp³-hybridized carbons (Fsp3) is 0.278. The molecule has 0 saturated carbocycles.